The van der Waals surface area contributed by atoms with E-state index >= 15 is 0 Å². The Morgan fingerprint density at radius 1 is 1.22 bits per heavy atom. The molecule has 0 atom stereocenters. The summed E-state index contributed by atoms with van der Waals surface area (Å²) in [5, 5.41) is 0. The van der Waals surface area contributed by atoms with E-state index in [0.29, 0.717) is 0 Å². The van der Waals surface area contributed by atoms with Crippen molar-refractivity contribution in [2.75, 3.05) is 12.8 Å². The largest absolute Gasteiger partial charge is 0.497 e. The summed E-state index contributed by atoms with van der Waals surface area (Å²) in [6.45, 7) is 0. The molecule has 2 nitrogen and oxygen atoms in total. The summed E-state index contributed by atoms with van der Waals surface area (Å²) < 4.78 is 6.26. The third-order valence-corrected chi connectivity index (χ3v) is 4.34. The molecule has 0 aromatic heterocycles. The number of anilines is 1. The van der Waals surface area contributed by atoms with Crippen LogP contribution in [0.3, 0.4) is 0 Å². The van der Waals surface area contributed by atoms with Crippen molar-refractivity contribution >= 4 is 33.4 Å². The standard InChI is InChI=1S/C14H14BrNOS/c1-17-10-4-2-5-11(8-10)18-9-12-13(15)6-3-7-14(12)16/h2-8H,9,16H2,1H3. The van der Waals surface area contributed by atoms with Crippen molar-refractivity contribution in [1.82, 2.24) is 0 Å². The molecule has 2 N–H and O–H groups in total. The smallest absolute Gasteiger partial charge is 0.119 e. The molecule has 94 valence electrons. The minimum absolute atomic E-state index is 0.819. The summed E-state index contributed by atoms with van der Waals surface area (Å²) in [5.74, 6) is 1.71. The van der Waals surface area contributed by atoms with Gasteiger partial charge in [0, 0.05) is 20.8 Å². The number of hydrogen-bond donors (Lipinski definition) is 1. The number of hydrogen-bond acceptors (Lipinski definition) is 3. The predicted molar refractivity (Wildman–Crippen MR) is 81.1 cm³/mol. The lowest BCUT2D eigenvalue weighted by molar-refractivity contribution is 0.413. The highest BCUT2D eigenvalue weighted by atomic mass is 79.9. The summed E-state index contributed by atoms with van der Waals surface area (Å²) in [6.07, 6.45) is 0. The van der Waals surface area contributed by atoms with Gasteiger partial charge in [-0.3, -0.25) is 0 Å². The van der Waals surface area contributed by atoms with Crippen molar-refractivity contribution in [3.8, 4) is 5.75 Å². The van der Waals surface area contributed by atoms with E-state index in [9.17, 15) is 0 Å². The van der Waals surface area contributed by atoms with Gasteiger partial charge in [0.2, 0.25) is 0 Å². The second kappa shape index (κ2) is 6.16. The Bertz CT molecular complexity index is 525. The van der Waals surface area contributed by atoms with Crippen LogP contribution in [0.1, 0.15) is 5.56 Å². The molecule has 4 heteroatoms. The molecular weight excluding hydrogens is 310 g/mol. The third kappa shape index (κ3) is 3.21. The number of nitrogen functional groups attached to an aromatic ring is 1. The Morgan fingerprint density at radius 2 is 2.00 bits per heavy atom. The molecule has 0 heterocycles. The Labute approximate surface area is 120 Å². The summed E-state index contributed by atoms with van der Waals surface area (Å²) in [5.41, 5.74) is 7.92. The van der Waals surface area contributed by atoms with E-state index < -0.39 is 0 Å². The zero-order valence-electron chi connectivity index (χ0n) is 10.0. The lowest BCUT2D eigenvalue weighted by Crippen LogP contribution is -1.93. The van der Waals surface area contributed by atoms with E-state index in [1.165, 1.54) is 4.90 Å². The van der Waals surface area contributed by atoms with Gasteiger partial charge in [-0.2, -0.15) is 0 Å². The van der Waals surface area contributed by atoms with Crippen LogP contribution in [-0.2, 0) is 5.75 Å². The van der Waals surface area contributed by atoms with Crippen molar-refractivity contribution in [3.63, 3.8) is 0 Å². The Balaban J connectivity index is 2.11. The van der Waals surface area contributed by atoms with Crippen molar-refractivity contribution in [2.24, 2.45) is 0 Å². The van der Waals surface area contributed by atoms with Crippen LogP contribution < -0.4 is 10.5 Å². The monoisotopic (exact) mass is 323 g/mol. The minimum Gasteiger partial charge on any atom is -0.497 e. The summed E-state index contributed by atoms with van der Waals surface area (Å²) in [4.78, 5) is 1.17. The van der Waals surface area contributed by atoms with Crippen LogP contribution in [0.2, 0.25) is 0 Å². The van der Waals surface area contributed by atoms with Gasteiger partial charge in [0.05, 0.1) is 7.11 Å². The van der Waals surface area contributed by atoms with Gasteiger partial charge < -0.3 is 10.5 Å². The molecule has 2 rings (SSSR count). The van der Waals surface area contributed by atoms with E-state index in [1.807, 2.05) is 36.4 Å². The fraction of sp³-hybridized carbons (Fsp3) is 0.143. The van der Waals surface area contributed by atoms with Gasteiger partial charge in [0.15, 0.2) is 0 Å². The Hall–Kier alpha value is -1.13. The normalized spacial score (nSPS) is 10.3. The van der Waals surface area contributed by atoms with Gasteiger partial charge >= 0.3 is 0 Å². The SMILES string of the molecule is COc1cccc(SCc2c(N)cccc2Br)c1. The quantitative estimate of drug-likeness (QED) is 0.671. The van der Waals surface area contributed by atoms with E-state index in [0.717, 1.165) is 27.2 Å². The highest BCUT2D eigenvalue weighted by Crippen LogP contribution is 2.31. The highest BCUT2D eigenvalue weighted by molar-refractivity contribution is 9.10. The predicted octanol–water partition coefficient (Wildman–Crippen LogP) is 4.33. The maximum atomic E-state index is 5.97. The van der Waals surface area contributed by atoms with Gasteiger partial charge in [-0.25, -0.2) is 0 Å². The average Bonchev–Trinajstić information content (AvgIpc) is 2.38. The topological polar surface area (TPSA) is 35.2 Å². The zero-order valence-corrected chi connectivity index (χ0v) is 12.4. The second-order valence-corrected chi connectivity index (χ2v) is 5.68. The van der Waals surface area contributed by atoms with Gasteiger partial charge in [0.25, 0.3) is 0 Å². The summed E-state index contributed by atoms with van der Waals surface area (Å²) >= 11 is 5.27. The van der Waals surface area contributed by atoms with E-state index in [-0.39, 0.29) is 0 Å². The summed E-state index contributed by atoms with van der Waals surface area (Å²) in [6, 6.07) is 13.9. The maximum Gasteiger partial charge on any atom is 0.119 e. The molecule has 0 aliphatic rings. The lowest BCUT2D eigenvalue weighted by Gasteiger charge is -2.08. The first-order valence-electron chi connectivity index (χ1n) is 5.50. The Kier molecular flexibility index (Phi) is 4.55. The fourth-order valence-electron chi connectivity index (χ4n) is 1.57. The molecule has 0 saturated heterocycles. The molecule has 0 aliphatic carbocycles. The molecular formula is C14H14BrNOS. The lowest BCUT2D eigenvalue weighted by atomic mass is 10.2. The maximum absolute atomic E-state index is 5.97. The number of rotatable bonds is 4. The molecule has 2 aromatic rings. The number of nitrogens with two attached hydrogens (primary N) is 1. The van der Waals surface area contributed by atoms with Gasteiger partial charge in [0.1, 0.15) is 5.75 Å². The zero-order chi connectivity index (χ0) is 13.0. The fourth-order valence-corrected chi connectivity index (χ4v) is 3.29. The summed E-state index contributed by atoms with van der Waals surface area (Å²) in [7, 11) is 1.68. The molecule has 0 spiro atoms. The van der Waals surface area contributed by atoms with Crippen LogP contribution in [0.4, 0.5) is 5.69 Å². The number of thioether (sulfide) groups is 1. The van der Waals surface area contributed by atoms with Crippen molar-refractivity contribution in [3.05, 3.63) is 52.5 Å². The number of benzene rings is 2. The van der Waals surface area contributed by atoms with Crippen LogP contribution >= 0.6 is 27.7 Å². The first-order chi connectivity index (χ1) is 8.70. The molecule has 0 aliphatic heterocycles. The van der Waals surface area contributed by atoms with Crippen LogP contribution in [0.25, 0.3) is 0 Å². The van der Waals surface area contributed by atoms with Crippen molar-refractivity contribution in [2.45, 2.75) is 10.6 Å². The molecule has 0 fully saturated rings. The van der Waals surface area contributed by atoms with Gasteiger partial charge in [-0.15, -0.1) is 11.8 Å². The van der Waals surface area contributed by atoms with Gasteiger partial charge in [-0.1, -0.05) is 28.1 Å². The highest BCUT2D eigenvalue weighted by Gasteiger charge is 2.05. The number of halogens is 1. The van der Waals surface area contributed by atoms with Gasteiger partial charge in [-0.05, 0) is 35.9 Å². The van der Waals surface area contributed by atoms with Crippen LogP contribution in [-0.4, -0.2) is 7.11 Å². The van der Waals surface area contributed by atoms with Crippen molar-refractivity contribution in [1.29, 1.82) is 0 Å². The molecule has 0 radical (unpaired) electrons. The molecule has 0 bridgehead atoms. The molecule has 18 heavy (non-hydrogen) atoms. The number of methoxy groups -OCH3 is 1. The van der Waals surface area contributed by atoms with Crippen LogP contribution in [0.15, 0.2) is 51.8 Å². The number of ether oxygens (including phenoxy) is 1. The molecule has 0 unspecified atom stereocenters. The van der Waals surface area contributed by atoms with Crippen LogP contribution in [0, 0.1) is 0 Å². The first-order valence-corrected chi connectivity index (χ1v) is 7.28. The average molecular weight is 324 g/mol. The van der Waals surface area contributed by atoms with E-state index in [1.54, 1.807) is 18.9 Å². The van der Waals surface area contributed by atoms with E-state index in [4.69, 9.17) is 10.5 Å². The molecule has 0 saturated carbocycles. The van der Waals surface area contributed by atoms with Crippen molar-refractivity contribution < 1.29 is 4.74 Å². The molecule has 0 amide bonds. The van der Waals surface area contributed by atoms with Crippen LogP contribution in [0.5, 0.6) is 5.75 Å². The Morgan fingerprint density at radius 3 is 2.72 bits per heavy atom. The van der Waals surface area contributed by atoms with E-state index in [2.05, 4.69) is 22.0 Å². The minimum atomic E-state index is 0.819. The first kappa shape index (κ1) is 13.3. The second-order valence-electron chi connectivity index (χ2n) is 3.78. The third-order valence-electron chi connectivity index (χ3n) is 2.58. The molecule has 2 aromatic carbocycles.